The van der Waals surface area contributed by atoms with Crippen LogP contribution in [-0.4, -0.2) is 10.3 Å². The minimum absolute atomic E-state index is 0. The summed E-state index contributed by atoms with van der Waals surface area (Å²) in [6.07, 6.45) is 14.0. The predicted molar refractivity (Wildman–Crippen MR) is 224 cm³/mol. The molecular weight excluding hydrogens is 812 g/mol. The second kappa shape index (κ2) is 25.3. The molecule has 1 aliphatic rings. The second-order valence-electron chi connectivity index (χ2n) is 10.9. The molecule has 7 rings (SSSR count). The Morgan fingerprint density at radius 2 is 0.846 bits per heavy atom. The maximum absolute atomic E-state index is 11.6. The Morgan fingerprint density at radius 1 is 0.481 bits per heavy atom. The van der Waals surface area contributed by atoms with Crippen LogP contribution in [0.25, 0.3) is 0 Å². The van der Waals surface area contributed by atoms with Crippen LogP contribution < -0.4 is 48.2 Å². The number of nitrogens with zero attached hydrogens (tertiary/aromatic N) is 1. The SMILES string of the molecule is C1=C\CC/C=C\CC/1.ClCCl.O=c1cccc(P(c2ccccc2)c2ccccc2)[n-]1.O=c1cccc(P(c2ccccc2)c2ccccc2)[nH]1.[Rh]. The van der Waals surface area contributed by atoms with Gasteiger partial charge >= 0.3 is 0 Å². The van der Waals surface area contributed by atoms with Crippen molar-refractivity contribution >= 4 is 71.1 Å². The number of pyridine rings is 2. The summed E-state index contributed by atoms with van der Waals surface area (Å²) >= 11 is 9.53. The first-order valence-electron chi connectivity index (χ1n) is 16.7. The number of benzene rings is 4. The molecule has 6 aromatic rings. The Morgan fingerprint density at radius 3 is 1.21 bits per heavy atom. The molecule has 0 unspecified atom stereocenters. The molecule has 0 saturated carbocycles. The molecule has 1 radical (unpaired) electrons. The summed E-state index contributed by atoms with van der Waals surface area (Å²) in [4.78, 5) is 30.3. The second-order valence-corrected chi connectivity index (χ2v) is 16.1. The van der Waals surface area contributed by atoms with Crippen molar-refractivity contribution < 1.29 is 19.5 Å². The molecule has 0 atom stereocenters. The largest absolute Gasteiger partial charge is 0.622 e. The van der Waals surface area contributed by atoms with E-state index in [9.17, 15) is 9.59 Å². The quantitative estimate of drug-likeness (QED) is 0.0801. The van der Waals surface area contributed by atoms with Crippen molar-refractivity contribution in [3.05, 3.63) is 203 Å². The minimum Gasteiger partial charge on any atom is -0.622 e. The Hall–Kier alpha value is -3.68. The molecule has 4 aromatic carbocycles. The Balaban J connectivity index is 0.000000216. The van der Waals surface area contributed by atoms with Crippen molar-refractivity contribution in [1.82, 2.24) is 9.97 Å². The van der Waals surface area contributed by atoms with E-state index in [1.165, 1.54) is 53.0 Å². The van der Waals surface area contributed by atoms with E-state index < -0.39 is 15.8 Å². The first kappa shape index (κ1) is 42.7. The molecule has 4 nitrogen and oxygen atoms in total. The fourth-order valence-corrected chi connectivity index (χ4v) is 9.55. The molecule has 52 heavy (non-hydrogen) atoms. The average Bonchev–Trinajstić information content (AvgIpc) is 3.15. The molecule has 0 fully saturated rings. The van der Waals surface area contributed by atoms with E-state index in [0.29, 0.717) is 0 Å². The van der Waals surface area contributed by atoms with Crippen molar-refractivity contribution in [3.8, 4) is 0 Å². The average molecular weight is 854 g/mol. The first-order valence-corrected chi connectivity index (χ1v) is 20.4. The van der Waals surface area contributed by atoms with E-state index in [2.05, 4.69) is 82.8 Å². The standard InChI is InChI=1S/2C17H14NOP.C8H12.CH2Cl2.Rh/c2*19-16-12-7-13-17(18-16)20(14-8-3-1-4-9-14)15-10-5-2-6-11-15;1-2-4-6-8-7-5-3-1;2-1-3;/h2*1-13H,(H,18,19);1-2,7-8H,3-6H2;1H2;/p-1/b;;2-1-,8-7-;;. The normalized spacial score (nSPS) is 12.8. The zero-order chi connectivity index (χ0) is 35.9. The molecule has 0 amide bonds. The molecular formula is C43H41Cl2N2O2P2Rh-. The molecule has 2 heterocycles. The van der Waals surface area contributed by atoms with Crippen LogP contribution in [0.1, 0.15) is 25.7 Å². The molecule has 1 aliphatic carbocycles. The molecule has 0 saturated heterocycles. The third-order valence-corrected chi connectivity index (χ3v) is 12.0. The van der Waals surface area contributed by atoms with Crippen LogP contribution in [0.15, 0.2) is 192 Å². The number of hydrogen-bond donors (Lipinski definition) is 1. The Kier molecular flexibility index (Phi) is 20.8. The summed E-state index contributed by atoms with van der Waals surface area (Å²) in [5.74, 6) is 0. The third kappa shape index (κ3) is 14.7. The first-order chi connectivity index (χ1) is 25.1. The van der Waals surface area contributed by atoms with Gasteiger partial charge in [-0.1, -0.05) is 164 Å². The van der Waals surface area contributed by atoms with Gasteiger partial charge in [0.2, 0.25) is 5.56 Å². The van der Waals surface area contributed by atoms with Crippen LogP contribution in [0, 0.1) is 0 Å². The van der Waals surface area contributed by atoms with E-state index in [1.807, 2.05) is 91.0 Å². The summed E-state index contributed by atoms with van der Waals surface area (Å²) in [7, 11) is -1.49. The van der Waals surface area contributed by atoms with Crippen LogP contribution in [0.2, 0.25) is 0 Å². The van der Waals surface area contributed by atoms with E-state index >= 15 is 0 Å². The molecule has 0 spiro atoms. The molecule has 269 valence electrons. The summed E-state index contributed by atoms with van der Waals surface area (Å²) in [6, 6.07) is 51.7. The molecule has 9 heteroatoms. The van der Waals surface area contributed by atoms with Gasteiger partial charge in [0.15, 0.2) is 0 Å². The van der Waals surface area contributed by atoms with Gasteiger partial charge in [-0.15, -0.1) is 28.6 Å². The molecule has 0 aliphatic heterocycles. The van der Waals surface area contributed by atoms with Crippen molar-refractivity contribution in [1.29, 1.82) is 0 Å². The number of allylic oxidation sites excluding steroid dienone is 4. The van der Waals surface area contributed by atoms with Gasteiger partial charge in [0.25, 0.3) is 0 Å². The van der Waals surface area contributed by atoms with E-state index in [1.54, 1.807) is 12.1 Å². The van der Waals surface area contributed by atoms with Crippen LogP contribution in [0.4, 0.5) is 0 Å². The summed E-state index contributed by atoms with van der Waals surface area (Å²) < 4.78 is 0. The maximum Gasteiger partial charge on any atom is 0.248 e. The number of rotatable bonds is 6. The van der Waals surface area contributed by atoms with Crippen LogP contribution in [-0.2, 0) is 19.5 Å². The van der Waals surface area contributed by atoms with Crippen LogP contribution in [0.5, 0.6) is 0 Å². The zero-order valence-electron chi connectivity index (χ0n) is 28.6. The maximum atomic E-state index is 11.6. The monoisotopic (exact) mass is 852 g/mol. The van der Waals surface area contributed by atoms with Gasteiger partial charge in [0.1, 0.15) is 0 Å². The van der Waals surface area contributed by atoms with Crippen molar-refractivity contribution in [2.24, 2.45) is 0 Å². The van der Waals surface area contributed by atoms with Crippen LogP contribution in [0.3, 0.4) is 0 Å². The number of alkyl halides is 2. The number of hydrogen-bond acceptors (Lipinski definition) is 2. The van der Waals surface area contributed by atoms with Gasteiger partial charge < -0.3 is 14.8 Å². The van der Waals surface area contributed by atoms with E-state index in [0.717, 1.165) is 10.9 Å². The molecule has 0 bridgehead atoms. The van der Waals surface area contributed by atoms with E-state index in [-0.39, 0.29) is 35.9 Å². The summed E-state index contributed by atoms with van der Waals surface area (Å²) in [5.41, 5.74) is 1.60. The van der Waals surface area contributed by atoms with Crippen molar-refractivity contribution in [3.63, 3.8) is 0 Å². The van der Waals surface area contributed by atoms with Crippen molar-refractivity contribution in [2.45, 2.75) is 25.7 Å². The molecule has 2 aromatic heterocycles. The van der Waals surface area contributed by atoms with Crippen LogP contribution >= 0.6 is 39.0 Å². The van der Waals surface area contributed by atoms with Crippen molar-refractivity contribution in [2.75, 3.05) is 5.34 Å². The third-order valence-electron chi connectivity index (χ3n) is 7.32. The van der Waals surface area contributed by atoms with Gasteiger partial charge in [-0.3, -0.25) is 4.79 Å². The molecule has 1 N–H and O–H groups in total. The van der Waals surface area contributed by atoms with Gasteiger partial charge in [0.05, 0.1) is 16.3 Å². The van der Waals surface area contributed by atoms with Gasteiger partial charge in [-0.2, -0.15) is 0 Å². The fraction of sp³-hybridized carbons (Fsp3) is 0.116. The zero-order valence-corrected chi connectivity index (χ0v) is 33.5. The minimum atomic E-state index is -0.773. The fourth-order valence-electron chi connectivity index (χ4n) is 5.10. The Labute approximate surface area is 332 Å². The predicted octanol–water partition coefficient (Wildman–Crippen LogP) is 7.99. The number of halogens is 2. The summed E-state index contributed by atoms with van der Waals surface area (Å²) in [6.45, 7) is 0. The number of aromatic amines is 1. The van der Waals surface area contributed by atoms with Gasteiger partial charge in [0, 0.05) is 33.5 Å². The van der Waals surface area contributed by atoms with E-state index in [4.69, 9.17) is 23.2 Å². The number of nitrogens with one attached hydrogen (secondary N) is 1. The smallest absolute Gasteiger partial charge is 0.248 e. The van der Waals surface area contributed by atoms with Gasteiger partial charge in [-0.05, 0) is 67.0 Å². The Bertz CT molecular complexity index is 1770. The van der Waals surface area contributed by atoms with Gasteiger partial charge in [-0.25, -0.2) is 0 Å². The number of aromatic nitrogens is 2. The number of H-pyrrole nitrogens is 1. The topological polar surface area (TPSA) is 64.0 Å². The summed E-state index contributed by atoms with van der Waals surface area (Å²) in [5, 5.41) is 5.06.